The van der Waals surface area contributed by atoms with Crippen molar-refractivity contribution in [3.05, 3.63) is 81.2 Å². The Balaban J connectivity index is 1.46. The number of H-pyrrole nitrogens is 1. The summed E-state index contributed by atoms with van der Waals surface area (Å²) in [5, 5.41) is 4.47. The van der Waals surface area contributed by atoms with Crippen LogP contribution in [0, 0.1) is 0 Å². The van der Waals surface area contributed by atoms with Crippen LogP contribution in [0.5, 0.6) is 0 Å². The van der Waals surface area contributed by atoms with Gasteiger partial charge in [0.25, 0.3) is 11.5 Å². The van der Waals surface area contributed by atoms with Crippen LogP contribution >= 0.6 is 11.6 Å². The molecule has 1 aliphatic rings. The van der Waals surface area contributed by atoms with Gasteiger partial charge in [0.1, 0.15) is 0 Å². The Labute approximate surface area is 185 Å². The normalized spacial score (nSPS) is 15.3. The summed E-state index contributed by atoms with van der Waals surface area (Å²) in [6.45, 7) is 3.25. The lowest BCUT2D eigenvalue weighted by molar-refractivity contribution is 0.0664. The van der Waals surface area contributed by atoms with E-state index in [1.54, 1.807) is 36.5 Å². The molecule has 3 aromatic rings. The van der Waals surface area contributed by atoms with Crippen molar-refractivity contribution < 1.29 is 4.79 Å². The van der Waals surface area contributed by atoms with Crippen molar-refractivity contribution in [1.29, 1.82) is 0 Å². The number of benzene rings is 2. The van der Waals surface area contributed by atoms with Crippen LogP contribution in [-0.4, -0.2) is 53.9 Å². The van der Waals surface area contributed by atoms with E-state index in [1.165, 1.54) is 0 Å². The Morgan fingerprint density at radius 1 is 1.10 bits per heavy atom. The zero-order valence-corrected chi connectivity index (χ0v) is 17.9. The molecule has 31 heavy (non-hydrogen) atoms. The number of rotatable bonds is 4. The standard InChI is InChI=1S/C23H24ClN5O2/c1-28-8-10-29(11-9-28)23(31)15-3-6-18(7-4-15)26-14-20(25)19-12-16-2-5-17(24)13-21(16)27-22(19)30/h2-7,12-14,26H,8-11,25H2,1H3,(H,27,30)/b20-14-. The topological polar surface area (TPSA) is 94.5 Å². The minimum Gasteiger partial charge on any atom is -0.397 e. The lowest BCUT2D eigenvalue weighted by Crippen LogP contribution is -2.47. The molecule has 7 nitrogen and oxygen atoms in total. The number of anilines is 1. The number of fused-ring (bicyclic) bond motifs is 1. The Hall–Kier alpha value is -3.29. The second-order valence-electron chi connectivity index (χ2n) is 7.66. The Morgan fingerprint density at radius 3 is 2.52 bits per heavy atom. The number of amides is 1. The third-order valence-electron chi connectivity index (χ3n) is 5.44. The van der Waals surface area contributed by atoms with Gasteiger partial charge in [-0.3, -0.25) is 9.59 Å². The summed E-state index contributed by atoms with van der Waals surface area (Å²) in [4.78, 5) is 31.9. The number of hydrogen-bond acceptors (Lipinski definition) is 5. The highest BCUT2D eigenvalue weighted by molar-refractivity contribution is 6.31. The van der Waals surface area contributed by atoms with Crippen molar-refractivity contribution in [2.24, 2.45) is 5.73 Å². The zero-order valence-electron chi connectivity index (χ0n) is 17.2. The Kier molecular flexibility index (Phi) is 5.97. The van der Waals surface area contributed by atoms with Gasteiger partial charge in [0, 0.05) is 54.2 Å². The number of carbonyl (C=O) groups excluding carboxylic acids is 1. The number of nitrogens with two attached hydrogens (primary N) is 1. The van der Waals surface area contributed by atoms with E-state index in [-0.39, 0.29) is 11.5 Å². The fourth-order valence-corrected chi connectivity index (χ4v) is 3.70. The number of likely N-dealkylation sites (N-methyl/N-ethyl adjacent to an activating group) is 1. The SMILES string of the molecule is CN1CCN(C(=O)c2ccc(N/C=C(\N)c3cc4ccc(Cl)cc4[nH]c3=O)cc2)CC1. The molecule has 0 spiro atoms. The molecule has 1 aliphatic heterocycles. The number of nitrogens with zero attached hydrogens (tertiary/aromatic N) is 2. The summed E-state index contributed by atoms with van der Waals surface area (Å²) in [5.41, 5.74) is 8.58. The predicted octanol–water partition coefficient (Wildman–Crippen LogP) is 2.94. The first-order chi connectivity index (χ1) is 14.9. The summed E-state index contributed by atoms with van der Waals surface area (Å²) in [5.74, 6) is 0.0394. The van der Waals surface area contributed by atoms with Gasteiger partial charge in [-0.05, 0) is 54.9 Å². The van der Waals surface area contributed by atoms with Gasteiger partial charge in [0.2, 0.25) is 0 Å². The van der Waals surface area contributed by atoms with Crippen molar-refractivity contribution in [3.8, 4) is 0 Å². The van der Waals surface area contributed by atoms with Crippen LogP contribution in [0.25, 0.3) is 16.6 Å². The summed E-state index contributed by atoms with van der Waals surface area (Å²) in [7, 11) is 2.06. The van der Waals surface area contributed by atoms with E-state index in [2.05, 4.69) is 22.2 Å². The number of hydrogen-bond donors (Lipinski definition) is 3. The van der Waals surface area contributed by atoms with Gasteiger partial charge >= 0.3 is 0 Å². The molecule has 2 aromatic carbocycles. The molecule has 0 atom stereocenters. The third-order valence-corrected chi connectivity index (χ3v) is 5.67. The van der Waals surface area contributed by atoms with E-state index in [0.29, 0.717) is 27.4 Å². The number of aromatic nitrogens is 1. The van der Waals surface area contributed by atoms with Crippen LogP contribution in [0.4, 0.5) is 5.69 Å². The van der Waals surface area contributed by atoms with Crippen LogP contribution in [0.15, 0.2) is 59.5 Å². The molecule has 0 bridgehead atoms. The second-order valence-corrected chi connectivity index (χ2v) is 8.10. The summed E-state index contributed by atoms with van der Waals surface area (Å²) in [6.07, 6.45) is 1.57. The first-order valence-corrected chi connectivity index (χ1v) is 10.4. The van der Waals surface area contributed by atoms with E-state index in [0.717, 1.165) is 37.3 Å². The molecule has 2 heterocycles. The lowest BCUT2D eigenvalue weighted by Gasteiger charge is -2.32. The molecular weight excluding hydrogens is 414 g/mol. The second kappa shape index (κ2) is 8.83. The van der Waals surface area contributed by atoms with E-state index in [4.69, 9.17) is 17.3 Å². The van der Waals surface area contributed by atoms with Gasteiger partial charge in [-0.2, -0.15) is 0 Å². The smallest absolute Gasteiger partial charge is 0.257 e. The van der Waals surface area contributed by atoms with Crippen LogP contribution in [0.2, 0.25) is 5.02 Å². The minimum atomic E-state index is -0.293. The number of pyridine rings is 1. The van der Waals surface area contributed by atoms with Gasteiger partial charge in [0.15, 0.2) is 0 Å². The molecule has 0 saturated carbocycles. The van der Waals surface area contributed by atoms with Gasteiger partial charge < -0.3 is 25.8 Å². The van der Waals surface area contributed by atoms with E-state index < -0.39 is 0 Å². The van der Waals surface area contributed by atoms with Gasteiger partial charge in [0.05, 0.1) is 11.3 Å². The molecule has 1 fully saturated rings. The van der Waals surface area contributed by atoms with Crippen molar-refractivity contribution in [1.82, 2.24) is 14.8 Å². The molecule has 1 saturated heterocycles. The number of aromatic amines is 1. The average molecular weight is 438 g/mol. The molecular formula is C23H24ClN5O2. The molecule has 4 N–H and O–H groups in total. The molecule has 160 valence electrons. The highest BCUT2D eigenvalue weighted by Crippen LogP contribution is 2.19. The highest BCUT2D eigenvalue weighted by Gasteiger charge is 2.20. The predicted molar refractivity (Wildman–Crippen MR) is 125 cm³/mol. The van der Waals surface area contributed by atoms with Crippen molar-refractivity contribution in [2.45, 2.75) is 0 Å². The third kappa shape index (κ3) is 4.73. The fraction of sp³-hybridized carbons (Fsp3) is 0.217. The van der Waals surface area contributed by atoms with Crippen LogP contribution in [-0.2, 0) is 0 Å². The minimum absolute atomic E-state index is 0.0394. The largest absolute Gasteiger partial charge is 0.397 e. The van der Waals surface area contributed by atoms with Gasteiger partial charge in [-0.25, -0.2) is 0 Å². The van der Waals surface area contributed by atoms with Crippen LogP contribution < -0.4 is 16.6 Å². The molecule has 0 aliphatic carbocycles. The number of carbonyl (C=O) groups is 1. The summed E-state index contributed by atoms with van der Waals surface area (Å²) in [6, 6.07) is 14.2. The maximum atomic E-state index is 12.6. The Bertz CT molecular complexity index is 1190. The number of piperazine rings is 1. The first kappa shape index (κ1) is 21.0. The van der Waals surface area contributed by atoms with Crippen molar-refractivity contribution in [2.75, 3.05) is 38.5 Å². The van der Waals surface area contributed by atoms with Gasteiger partial charge in [-0.1, -0.05) is 17.7 Å². The van der Waals surface area contributed by atoms with E-state index in [1.807, 2.05) is 23.1 Å². The van der Waals surface area contributed by atoms with Crippen molar-refractivity contribution >= 4 is 39.8 Å². The highest BCUT2D eigenvalue weighted by atomic mass is 35.5. The summed E-state index contributed by atoms with van der Waals surface area (Å²) >= 11 is 5.98. The van der Waals surface area contributed by atoms with E-state index in [9.17, 15) is 9.59 Å². The average Bonchev–Trinajstić information content (AvgIpc) is 2.77. The zero-order chi connectivity index (χ0) is 22.0. The molecule has 0 unspecified atom stereocenters. The Morgan fingerprint density at radius 2 is 1.81 bits per heavy atom. The van der Waals surface area contributed by atoms with Gasteiger partial charge in [-0.15, -0.1) is 0 Å². The fourth-order valence-electron chi connectivity index (χ4n) is 3.53. The van der Waals surface area contributed by atoms with Crippen LogP contribution in [0.1, 0.15) is 15.9 Å². The monoisotopic (exact) mass is 437 g/mol. The maximum Gasteiger partial charge on any atom is 0.257 e. The maximum absolute atomic E-state index is 12.6. The summed E-state index contributed by atoms with van der Waals surface area (Å²) < 4.78 is 0. The lowest BCUT2D eigenvalue weighted by atomic mass is 10.1. The molecule has 1 aromatic heterocycles. The molecule has 4 rings (SSSR count). The van der Waals surface area contributed by atoms with Crippen LogP contribution in [0.3, 0.4) is 0 Å². The van der Waals surface area contributed by atoms with Crippen molar-refractivity contribution in [3.63, 3.8) is 0 Å². The molecule has 8 heteroatoms. The first-order valence-electron chi connectivity index (χ1n) is 10.0. The number of halogens is 1. The molecule has 1 amide bonds. The number of nitrogens with one attached hydrogen (secondary N) is 2. The quantitative estimate of drug-likeness (QED) is 0.583. The van der Waals surface area contributed by atoms with E-state index >= 15 is 0 Å². The molecule has 0 radical (unpaired) electrons.